The van der Waals surface area contributed by atoms with Gasteiger partial charge in [0.15, 0.2) is 0 Å². The van der Waals surface area contributed by atoms with Crippen LogP contribution in [0.25, 0.3) is 0 Å². The summed E-state index contributed by atoms with van der Waals surface area (Å²) in [6.07, 6.45) is 0. The van der Waals surface area contributed by atoms with Crippen molar-refractivity contribution in [1.29, 1.82) is 0 Å². The van der Waals surface area contributed by atoms with E-state index in [9.17, 15) is 10.1 Å². The molecule has 4 nitrogen and oxygen atoms in total. The summed E-state index contributed by atoms with van der Waals surface area (Å²) < 4.78 is 0. The highest BCUT2D eigenvalue weighted by Crippen LogP contribution is 2.18. The summed E-state index contributed by atoms with van der Waals surface area (Å²) in [7, 11) is 1.99. The Balaban J connectivity index is 2.75. The second-order valence-corrected chi connectivity index (χ2v) is 4.05. The molecule has 0 amide bonds. The first kappa shape index (κ1) is 11.5. The number of benzene rings is 1. The van der Waals surface area contributed by atoms with Crippen LogP contribution in [0.4, 0.5) is 11.4 Å². The molecule has 0 spiro atoms. The SMILES string of the molecule is CC(C)CN(C)c1ccc([N+](=O)[O-])cc1. The number of rotatable bonds is 4. The molecule has 0 N–H and O–H groups in total. The highest BCUT2D eigenvalue weighted by Gasteiger charge is 2.07. The fraction of sp³-hybridized carbons (Fsp3) is 0.455. The van der Waals surface area contributed by atoms with Gasteiger partial charge in [-0.1, -0.05) is 13.8 Å². The average molecular weight is 208 g/mol. The van der Waals surface area contributed by atoms with Crippen molar-refractivity contribution in [2.45, 2.75) is 13.8 Å². The Labute approximate surface area is 89.7 Å². The number of nitro groups is 1. The van der Waals surface area contributed by atoms with Gasteiger partial charge < -0.3 is 4.90 Å². The van der Waals surface area contributed by atoms with E-state index in [1.54, 1.807) is 12.1 Å². The van der Waals surface area contributed by atoms with Gasteiger partial charge >= 0.3 is 0 Å². The smallest absolute Gasteiger partial charge is 0.269 e. The standard InChI is InChI=1S/C11H16N2O2/c1-9(2)8-12(3)10-4-6-11(7-5-10)13(14)15/h4-7,9H,8H2,1-3H3. The zero-order valence-electron chi connectivity index (χ0n) is 9.30. The van der Waals surface area contributed by atoms with Crippen molar-refractivity contribution in [2.24, 2.45) is 5.92 Å². The van der Waals surface area contributed by atoms with Gasteiger partial charge in [-0.25, -0.2) is 0 Å². The molecule has 82 valence electrons. The molecule has 0 bridgehead atoms. The highest BCUT2D eigenvalue weighted by molar-refractivity contribution is 5.50. The summed E-state index contributed by atoms with van der Waals surface area (Å²) in [4.78, 5) is 12.2. The minimum atomic E-state index is -0.383. The Kier molecular flexibility index (Phi) is 3.66. The molecule has 1 aromatic carbocycles. The van der Waals surface area contributed by atoms with Crippen molar-refractivity contribution in [1.82, 2.24) is 0 Å². The first-order valence-corrected chi connectivity index (χ1v) is 4.96. The van der Waals surface area contributed by atoms with Gasteiger partial charge in [-0.15, -0.1) is 0 Å². The molecule has 0 unspecified atom stereocenters. The Morgan fingerprint density at radius 2 is 1.87 bits per heavy atom. The number of anilines is 1. The van der Waals surface area contributed by atoms with Gasteiger partial charge in [-0.05, 0) is 18.1 Å². The van der Waals surface area contributed by atoms with Crippen molar-refractivity contribution in [2.75, 3.05) is 18.5 Å². The van der Waals surface area contributed by atoms with Crippen LogP contribution in [-0.4, -0.2) is 18.5 Å². The number of hydrogen-bond acceptors (Lipinski definition) is 3. The Hall–Kier alpha value is -1.58. The van der Waals surface area contributed by atoms with E-state index in [-0.39, 0.29) is 10.6 Å². The van der Waals surface area contributed by atoms with Crippen LogP contribution in [0.2, 0.25) is 0 Å². The molecule has 0 aromatic heterocycles. The van der Waals surface area contributed by atoms with Crippen molar-refractivity contribution >= 4 is 11.4 Å². The summed E-state index contributed by atoms with van der Waals surface area (Å²) in [5, 5.41) is 10.5. The molecule has 0 aliphatic heterocycles. The minimum Gasteiger partial charge on any atom is -0.374 e. The second-order valence-electron chi connectivity index (χ2n) is 4.05. The zero-order valence-corrected chi connectivity index (χ0v) is 9.30. The third-order valence-electron chi connectivity index (χ3n) is 2.14. The van der Waals surface area contributed by atoms with E-state index in [0.29, 0.717) is 5.92 Å². The molecule has 0 aliphatic carbocycles. The van der Waals surface area contributed by atoms with Gasteiger partial charge in [-0.2, -0.15) is 0 Å². The first-order chi connectivity index (χ1) is 7.00. The van der Waals surface area contributed by atoms with Crippen molar-refractivity contribution in [3.05, 3.63) is 34.4 Å². The molecule has 1 aromatic rings. The number of non-ortho nitro benzene ring substituents is 1. The molecule has 0 fully saturated rings. The highest BCUT2D eigenvalue weighted by atomic mass is 16.6. The summed E-state index contributed by atoms with van der Waals surface area (Å²) in [6.45, 7) is 5.22. The monoisotopic (exact) mass is 208 g/mol. The van der Waals surface area contributed by atoms with Crippen molar-refractivity contribution < 1.29 is 4.92 Å². The van der Waals surface area contributed by atoms with E-state index in [0.717, 1.165) is 12.2 Å². The van der Waals surface area contributed by atoms with Crippen molar-refractivity contribution in [3.8, 4) is 0 Å². The third-order valence-corrected chi connectivity index (χ3v) is 2.14. The minimum absolute atomic E-state index is 0.136. The second kappa shape index (κ2) is 4.77. The van der Waals surface area contributed by atoms with E-state index in [1.807, 2.05) is 7.05 Å². The maximum absolute atomic E-state index is 10.5. The lowest BCUT2D eigenvalue weighted by molar-refractivity contribution is -0.384. The molecule has 4 heteroatoms. The summed E-state index contributed by atoms with van der Waals surface area (Å²) >= 11 is 0. The van der Waals surface area contributed by atoms with Gasteiger partial charge in [0.1, 0.15) is 0 Å². The van der Waals surface area contributed by atoms with E-state index in [4.69, 9.17) is 0 Å². The molecule has 0 heterocycles. The summed E-state index contributed by atoms with van der Waals surface area (Å²) in [6, 6.07) is 6.62. The molecule has 0 saturated heterocycles. The summed E-state index contributed by atoms with van der Waals surface area (Å²) in [5.74, 6) is 0.574. The quantitative estimate of drug-likeness (QED) is 0.564. The molecule has 0 atom stereocenters. The maximum Gasteiger partial charge on any atom is 0.269 e. The van der Waals surface area contributed by atoms with E-state index in [1.165, 1.54) is 12.1 Å². The zero-order chi connectivity index (χ0) is 11.4. The third kappa shape index (κ3) is 3.23. The van der Waals surface area contributed by atoms with Crippen molar-refractivity contribution in [3.63, 3.8) is 0 Å². The van der Waals surface area contributed by atoms with Crippen LogP contribution < -0.4 is 4.90 Å². The molecule has 0 aliphatic rings. The largest absolute Gasteiger partial charge is 0.374 e. The van der Waals surface area contributed by atoms with Crippen LogP contribution in [0, 0.1) is 16.0 Å². The predicted molar refractivity (Wildman–Crippen MR) is 61.2 cm³/mol. The molecule has 15 heavy (non-hydrogen) atoms. The van der Waals surface area contributed by atoms with Gasteiger partial charge in [0.2, 0.25) is 0 Å². The normalized spacial score (nSPS) is 10.4. The molecule has 1 rings (SSSR count). The van der Waals surface area contributed by atoms with E-state index in [2.05, 4.69) is 18.7 Å². The summed E-state index contributed by atoms with van der Waals surface area (Å²) in [5.41, 5.74) is 1.14. The van der Waals surface area contributed by atoms with Gasteiger partial charge in [0.05, 0.1) is 4.92 Å². The maximum atomic E-state index is 10.5. The Bertz CT molecular complexity index is 333. The first-order valence-electron chi connectivity index (χ1n) is 4.96. The average Bonchev–Trinajstić information content (AvgIpc) is 2.17. The fourth-order valence-electron chi connectivity index (χ4n) is 1.48. The number of nitro benzene ring substituents is 1. The van der Waals surface area contributed by atoms with Crippen LogP contribution in [0.15, 0.2) is 24.3 Å². The van der Waals surface area contributed by atoms with Crippen LogP contribution in [0.1, 0.15) is 13.8 Å². The molecule has 0 radical (unpaired) electrons. The van der Waals surface area contributed by atoms with Crippen LogP contribution >= 0.6 is 0 Å². The molecular weight excluding hydrogens is 192 g/mol. The molecular formula is C11H16N2O2. The van der Waals surface area contributed by atoms with Gasteiger partial charge in [0.25, 0.3) is 5.69 Å². The predicted octanol–water partition coefficient (Wildman–Crippen LogP) is 2.69. The Morgan fingerprint density at radius 3 is 2.27 bits per heavy atom. The van der Waals surface area contributed by atoms with Gasteiger partial charge in [0, 0.05) is 31.4 Å². The Morgan fingerprint density at radius 1 is 1.33 bits per heavy atom. The van der Waals surface area contributed by atoms with E-state index >= 15 is 0 Å². The lowest BCUT2D eigenvalue weighted by Crippen LogP contribution is -2.22. The topological polar surface area (TPSA) is 46.4 Å². The number of hydrogen-bond donors (Lipinski definition) is 0. The lowest BCUT2D eigenvalue weighted by Gasteiger charge is -2.21. The van der Waals surface area contributed by atoms with E-state index < -0.39 is 0 Å². The van der Waals surface area contributed by atoms with Crippen LogP contribution in [0.3, 0.4) is 0 Å². The number of nitrogens with zero attached hydrogens (tertiary/aromatic N) is 2. The fourth-order valence-corrected chi connectivity index (χ4v) is 1.48. The molecule has 0 saturated carbocycles. The van der Waals surface area contributed by atoms with Crippen LogP contribution in [-0.2, 0) is 0 Å². The van der Waals surface area contributed by atoms with Crippen LogP contribution in [0.5, 0.6) is 0 Å². The lowest BCUT2D eigenvalue weighted by atomic mass is 10.2. The van der Waals surface area contributed by atoms with Gasteiger partial charge in [-0.3, -0.25) is 10.1 Å².